The Morgan fingerprint density at radius 3 is 2.47 bits per heavy atom. The molecule has 15 heavy (non-hydrogen) atoms. The van der Waals surface area contributed by atoms with E-state index in [4.69, 9.17) is 0 Å². The van der Waals surface area contributed by atoms with Crippen LogP contribution in [-0.2, 0) is 9.59 Å². The third kappa shape index (κ3) is 7.25. The molecule has 0 aromatic heterocycles. The van der Waals surface area contributed by atoms with Gasteiger partial charge in [-0.25, -0.2) is 0 Å². The van der Waals surface area contributed by atoms with E-state index in [-0.39, 0.29) is 18.4 Å². The molecule has 0 unspecified atom stereocenters. The minimum atomic E-state index is -0.112. The SMILES string of the molecule is CC(C)CNC(=O)CN(C)C(=O)CCS. The van der Waals surface area contributed by atoms with Crippen LogP contribution in [0.5, 0.6) is 0 Å². The van der Waals surface area contributed by atoms with Gasteiger partial charge in [0.25, 0.3) is 0 Å². The van der Waals surface area contributed by atoms with E-state index >= 15 is 0 Å². The Hall–Kier alpha value is -0.710. The predicted octanol–water partition coefficient (Wildman–Crippen LogP) is 0.537. The Morgan fingerprint density at radius 2 is 2.00 bits per heavy atom. The molecule has 5 heteroatoms. The quantitative estimate of drug-likeness (QED) is 0.657. The highest BCUT2D eigenvalue weighted by Gasteiger charge is 2.11. The van der Waals surface area contributed by atoms with Gasteiger partial charge in [-0.05, 0) is 11.7 Å². The zero-order valence-electron chi connectivity index (χ0n) is 9.62. The summed E-state index contributed by atoms with van der Waals surface area (Å²) in [5.41, 5.74) is 0. The molecule has 0 heterocycles. The largest absolute Gasteiger partial charge is 0.354 e. The fourth-order valence-electron chi connectivity index (χ4n) is 0.964. The molecule has 0 aromatic rings. The van der Waals surface area contributed by atoms with Crippen molar-refractivity contribution in [3.63, 3.8) is 0 Å². The molecule has 0 rings (SSSR count). The van der Waals surface area contributed by atoms with Gasteiger partial charge in [0.15, 0.2) is 0 Å². The number of hydrogen-bond donors (Lipinski definition) is 2. The van der Waals surface area contributed by atoms with Crippen molar-refractivity contribution in [3.8, 4) is 0 Å². The topological polar surface area (TPSA) is 49.4 Å². The highest BCUT2D eigenvalue weighted by molar-refractivity contribution is 7.80. The van der Waals surface area contributed by atoms with E-state index in [1.54, 1.807) is 7.05 Å². The van der Waals surface area contributed by atoms with Crippen LogP contribution in [0.1, 0.15) is 20.3 Å². The number of likely N-dealkylation sites (N-methyl/N-ethyl adjacent to an activating group) is 1. The van der Waals surface area contributed by atoms with Crippen molar-refractivity contribution in [2.45, 2.75) is 20.3 Å². The first-order valence-electron chi connectivity index (χ1n) is 5.09. The molecule has 2 amide bonds. The van der Waals surface area contributed by atoms with Gasteiger partial charge in [0.05, 0.1) is 6.54 Å². The predicted molar refractivity (Wildman–Crippen MR) is 64.0 cm³/mol. The van der Waals surface area contributed by atoms with Crippen molar-refractivity contribution >= 4 is 24.4 Å². The molecule has 0 spiro atoms. The summed E-state index contributed by atoms with van der Waals surface area (Å²) in [7, 11) is 1.63. The molecule has 0 bridgehead atoms. The number of nitrogens with zero attached hydrogens (tertiary/aromatic N) is 1. The molecule has 0 aliphatic heterocycles. The van der Waals surface area contributed by atoms with Gasteiger partial charge in [0.1, 0.15) is 0 Å². The van der Waals surface area contributed by atoms with Gasteiger partial charge < -0.3 is 10.2 Å². The maximum absolute atomic E-state index is 11.3. The van der Waals surface area contributed by atoms with Gasteiger partial charge in [-0.3, -0.25) is 9.59 Å². The summed E-state index contributed by atoms with van der Waals surface area (Å²) in [6, 6.07) is 0. The maximum atomic E-state index is 11.3. The second kappa shape index (κ2) is 7.56. The number of amides is 2. The summed E-state index contributed by atoms with van der Waals surface area (Å²) in [5, 5.41) is 2.76. The van der Waals surface area contributed by atoms with E-state index in [0.717, 1.165) is 0 Å². The van der Waals surface area contributed by atoms with Crippen molar-refractivity contribution in [2.24, 2.45) is 5.92 Å². The molecule has 1 N–H and O–H groups in total. The molecule has 0 saturated heterocycles. The Kier molecular flexibility index (Phi) is 7.21. The van der Waals surface area contributed by atoms with Crippen LogP contribution in [0.3, 0.4) is 0 Å². The fraction of sp³-hybridized carbons (Fsp3) is 0.800. The van der Waals surface area contributed by atoms with Gasteiger partial charge in [0, 0.05) is 20.0 Å². The summed E-state index contributed by atoms with van der Waals surface area (Å²) >= 11 is 3.97. The Balaban J connectivity index is 3.80. The summed E-state index contributed by atoms with van der Waals surface area (Å²) in [6.07, 6.45) is 0.372. The van der Waals surface area contributed by atoms with E-state index in [1.807, 2.05) is 13.8 Å². The van der Waals surface area contributed by atoms with Crippen molar-refractivity contribution in [1.29, 1.82) is 0 Å². The molecule has 4 nitrogen and oxygen atoms in total. The van der Waals surface area contributed by atoms with Crippen molar-refractivity contribution in [2.75, 3.05) is 25.9 Å². The van der Waals surface area contributed by atoms with Crippen LogP contribution in [0.25, 0.3) is 0 Å². The van der Waals surface area contributed by atoms with Crippen molar-refractivity contribution < 1.29 is 9.59 Å². The number of carbonyl (C=O) groups excluding carboxylic acids is 2. The van der Waals surface area contributed by atoms with E-state index in [1.165, 1.54) is 4.90 Å². The van der Waals surface area contributed by atoms with Crippen LogP contribution in [-0.4, -0.2) is 42.6 Å². The van der Waals surface area contributed by atoms with Gasteiger partial charge in [-0.15, -0.1) is 0 Å². The van der Waals surface area contributed by atoms with Crippen LogP contribution < -0.4 is 5.32 Å². The Morgan fingerprint density at radius 1 is 1.40 bits per heavy atom. The monoisotopic (exact) mass is 232 g/mol. The zero-order chi connectivity index (χ0) is 11.8. The Bertz CT molecular complexity index is 219. The lowest BCUT2D eigenvalue weighted by molar-refractivity contribution is -0.134. The fourth-order valence-corrected chi connectivity index (χ4v) is 1.16. The molecule has 0 fully saturated rings. The third-order valence-corrected chi connectivity index (χ3v) is 2.06. The van der Waals surface area contributed by atoms with E-state index < -0.39 is 0 Å². The van der Waals surface area contributed by atoms with Gasteiger partial charge >= 0.3 is 0 Å². The average Bonchev–Trinajstić information content (AvgIpc) is 2.15. The average molecular weight is 232 g/mol. The number of nitrogens with one attached hydrogen (secondary N) is 1. The van der Waals surface area contributed by atoms with Gasteiger partial charge in [0.2, 0.25) is 11.8 Å². The van der Waals surface area contributed by atoms with Crippen molar-refractivity contribution in [3.05, 3.63) is 0 Å². The van der Waals surface area contributed by atoms with Crippen LogP contribution in [0.2, 0.25) is 0 Å². The molecule has 0 aliphatic rings. The highest BCUT2D eigenvalue weighted by atomic mass is 32.1. The minimum absolute atomic E-state index is 0.0512. The molecule has 0 saturated carbocycles. The first-order chi connectivity index (χ1) is 6.97. The molecule has 0 aliphatic carbocycles. The number of thiol groups is 1. The first-order valence-corrected chi connectivity index (χ1v) is 5.72. The summed E-state index contributed by atoms with van der Waals surface area (Å²) in [5.74, 6) is 0.771. The van der Waals surface area contributed by atoms with E-state index in [0.29, 0.717) is 24.6 Å². The van der Waals surface area contributed by atoms with Gasteiger partial charge in [-0.2, -0.15) is 12.6 Å². The third-order valence-electron chi connectivity index (χ3n) is 1.84. The summed E-state index contributed by atoms with van der Waals surface area (Å²) < 4.78 is 0. The van der Waals surface area contributed by atoms with Gasteiger partial charge in [-0.1, -0.05) is 13.8 Å². The van der Waals surface area contributed by atoms with Crippen LogP contribution in [0, 0.1) is 5.92 Å². The molecule has 0 atom stereocenters. The van der Waals surface area contributed by atoms with Crippen LogP contribution in [0.4, 0.5) is 0 Å². The molecule has 0 aromatic carbocycles. The van der Waals surface area contributed by atoms with Crippen molar-refractivity contribution in [1.82, 2.24) is 10.2 Å². The number of hydrogen-bond acceptors (Lipinski definition) is 3. The molecular formula is C10H20N2O2S. The standard InChI is InChI=1S/C10H20N2O2S/c1-8(2)6-11-9(13)7-12(3)10(14)4-5-15/h8,15H,4-7H2,1-3H3,(H,11,13). The Labute approximate surface area is 96.8 Å². The normalized spacial score (nSPS) is 10.2. The lowest BCUT2D eigenvalue weighted by atomic mass is 10.2. The van der Waals surface area contributed by atoms with E-state index in [2.05, 4.69) is 17.9 Å². The molecule has 88 valence electrons. The first kappa shape index (κ1) is 14.3. The zero-order valence-corrected chi connectivity index (χ0v) is 10.5. The highest BCUT2D eigenvalue weighted by Crippen LogP contribution is 1.93. The lowest BCUT2D eigenvalue weighted by Gasteiger charge is -2.16. The summed E-state index contributed by atoms with van der Waals surface area (Å²) in [6.45, 7) is 4.82. The lowest BCUT2D eigenvalue weighted by Crippen LogP contribution is -2.39. The number of carbonyl (C=O) groups is 2. The van der Waals surface area contributed by atoms with Crippen LogP contribution in [0.15, 0.2) is 0 Å². The molecule has 0 radical (unpaired) electrons. The molecular weight excluding hydrogens is 212 g/mol. The second-order valence-electron chi connectivity index (χ2n) is 3.92. The second-order valence-corrected chi connectivity index (χ2v) is 4.37. The smallest absolute Gasteiger partial charge is 0.239 e. The summed E-state index contributed by atoms with van der Waals surface area (Å²) in [4.78, 5) is 24.1. The maximum Gasteiger partial charge on any atom is 0.239 e. The number of rotatable bonds is 6. The van der Waals surface area contributed by atoms with E-state index in [9.17, 15) is 9.59 Å². The minimum Gasteiger partial charge on any atom is -0.354 e. The van der Waals surface area contributed by atoms with Crippen LogP contribution >= 0.6 is 12.6 Å².